The van der Waals surface area contributed by atoms with Crippen molar-refractivity contribution in [3.63, 3.8) is 0 Å². The van der Waals surface area contributed by atoms with Crippen LogP contribution in [0.1, 0.15) is 11.4 Å². The molecule has 0 unspecified atom stereocenters. The molecule has 6 nitrogen and oxygen atoms in total. The van der Waals surface area contributed by atoms with Crippen LogP contribution in [0.5, 0.6) is 0 Å². The van der Waals surface area contributed by atoms with E-state index in [1.807, 2.05) is 54.6 Å². The molecule has 7 heteroatoms. The molecule has 0 aliphatic rings. The van der Waals surface area contributed by atoms with Crippen LogP contribution in [0, 0.1) is 0 Å². The lowest BCUT2D eigenvalue weighted by molar-refractivity contribution is 0.483. The van der Waals surface area contributed by atoms with Gasteiger partial charge in [0.05, 0.1) is 29.4 Å². The average Bonchev–Trinajstić information content (AvgIpc) is 2.73. The zero-order valence-electron chi connectivity index (χ0n) is 15.5. The predicted molar refractivity (Wildman–Crippen MR) is 112 cm³/mol. The second-order valence-corrected chi connectivity index (χ2v) is 8.09. The topological polar surface area (TPSA) is 83.4 Å². The van der Waals surface area contributed by atoms with Gasteiger partial charge in [0.2, 0.25) is 0 Å². The van der Waals surface area contributed by atoms with Crippen LogP contribution in [0.4, 0.5) is 5.69 Å². The van der Waals surface area contributed by atoms with Gasteiger partial charge in [-0.05, 0) is 59.3 Å². The van der Waals surface area contributed by atoms with Gasteiger partial charge in [0, 0.05) is 18.1 Å². The summed E-state index contributed by atoms with van der Waals surface area (Å²) in [6, 6.07) is 22.0. The summed E-state index contributed by atoms with van der Waals surface area (Å²) in [6.07, 6.45) is 3.54. The number of pyridine rings is 2. The molecule has 2 aromatic carbocycles. The third kappa shape index (κ3) is 4.59. The van der Waals surface area contributed by atoms with Gasteiger partial charge in [-0.1, -0.05) is 24.3 Å². The van der Waals surface area contributed by atoms with Gasteiger partial charge in [0.25, 0.3) is 10.1 Å². The fraction of sp³-hybridized carbons (Fsp3) is 0.0909. The Hall–Kier alpha value is -3.29. The van der Waals surface area contributed by atoms with Crippen LogP contribution in [-0.4, -0.2) is 22.9 Å². The standard InChI is InChI=1S/C22H19N3O3S/c26-29(27,28)22-10-8-17-13-21(9-7-18(17)14-22)25(15-19-5-1-3-11-23-19)16-20-6-2-4-12-24-20/h1-14H,15-16H2,(H,26,27,28). The van der Waals surface area contributed by atoms with Crippen molar-refractivity contribution in [1.82, 2.24) is 9.97 Å². The first-order valence-electron chi connectivity index (χ1n) is 9.05. The van der Waals surface area contributed by atoms with E-state index >= 15 is 0 Å². The van der Waals surface area contributed by atoms with Crippen molar-refractivity contribution < 1.29 is 13.0 Å². The molecule has 0 bridgehead atoms. The van der Waals surface area contributed by atoms with Crippen molar-refractivity contribution >= 4 is 26.6 Å². The molecular formula is C22H19N3O3S. The smallest absolute Gasteiger partial charge is 0.294 e. The van der Waals surface area contributed by atoms with Crippen molar-refractivity contribution in [3.05, 3.63) is 96.6 Å². The van der Waals surface area contributed by atoms with Gasteiger partial charge >= 0.3 is 0 Å². The van der Waals surface area contributed by atoms with E-state index in [4.69, 9.17) is 0 Å². The molecule has 0 radical (unpaired) electrons. The number of hydrogen-bond donors (Lipinski definition) is 1. The molecular weight excluding hydrogens is 386 g/mol. The van der Waals surface area contributed by atoms with Gasteiger partial charge in [-0.3, -0.25) is 14.5 Å². The molecule has 0 aliphatic heterocycles. The third-order valence-corrected chi connectivity index (χ3v) is 5.47. The van der Waals surface area contributed by atoms with Gasteiger partial charge < -0.3 is 4.90 Å². The highest BCUT2D eigenvalue weighted by Crippen LogP contribution is 2.26. The average molecular weight is 405 g/mol. The van der Waals surface area contributed by atoms with Crippen molar-refractivity contribution in [2.75, 3.05) is 4.90 Å². The maximum absolute atomic E-state index is 11.4. The number of anilines is 1. The number of rotatable bonds is 6. The summed E-state index contributed by atoms with van der Waals surface area (Å²) in [6.45, 7) is 1.21. The quantitative estimate of drug-likeness (QED) is 0.487. The lowest BCUT2D eigenvalue weighted by Crippen LogP contribution is -2.23. The minimum Gasteiger partial charge on any atom is -0.360 e. The van der Waals surface area contributed by atoms with Gasteiger partial charge in [-0.2, -0.15) is 8.42 Å². The molecule has 0 amide bonds. The van der Waals surface area contributed by atoms with Gasteiger partial charge in [-0.25, -0.2) is 0 Å². The molecule has 4 aromatic rings. The normalized spacial score (nSPS) is 11.5. The summed E-state index contributed by atoms with van der Waals surface area (Å²) < 4.78 is 32.1. The zero-order valence-corrected chi connectivity index (χ0v) is 16.3. The highest BCUT2D eigenvalue weighted by Gasteiger charge is 2.13. The van der Waals surface area contributed by atoms with Gasteiger partial charge in [-0.15, -0.1) is 0 Å². The van der Waals surface area contributed by atoms with E-state index < -0.39 is 10.1 Å². The van der Waals surface area contributed by atoms with Crippen molar-refractivity contribution in [3.8, 4) is 0 Å². The Morgan fingerprint density at radius 3 is 1.90 bits per heavy atom. The highest BCUT2D eigenvalue weighted by atomic mass is 32.2. The predicted octanol–water partition coefficient (Wildman–Crippen LogP) is 4.08. The first-order chi connectivity index (χ1) is 14.0. The highest BCUT2D eigenvalue weighted by molar-refractivity contribution is 7.85. The van der Waals surface area contributed by atoms with Crippen LogP contribution in [0.2, 0.25) is 0 Å². The van der Waals surface area contributed by atoms with E-state index in [0.717, 1.165) is 27.8 Å². The van der Waals surface area contributed by atoms with Crippen molar-refractivity contribution in [1.29, 1.82) is 0 Å². The number of nitrogens with zero attached hydrogens (tertiary/aromatic N) is 3. The summed E-state index contributed by atoms with van der Waals surface area (Å²) in [5.41, 5.74) is 2.84. The minimum atomic E-state index is -4.23. The molecule has 0 saturated carbocycles. The van der Waals surface area contributed by atoms with E-state index in [0.29, 0.717) is 13.1 Å². The van der Waals surface area contributed by atoms with Crippen LogP contribution in [0.15, 0.2) is 90.1 Å². The lowest BCUT2D eigenvalue weighted by Gasteiger charge is -2.24. The Morgan fingerprint density at radius 1 is 0.759 bits per heavy atom. The molecule has 4 rings (SSSR count). The molecule has 1 N–H and O–H groups in total. The van der Waals surface area contributed by atoms with Gasteiger partial charge in [0.1, 0.15) is 0 Å². The number of hydrogen-bond acceptors (Lipinski definition) is 5. The third-order valence-electron chi connectivity index (χ3n) is 4.62. The molecule has 0 saturated heterocycles. The van der Waals surface area contributed by atoms with Crippen LogP contribution < -0.4 is 4.90 Å². The van der Waals surface area contributed by atoms with Crippen LogP contribution >= 0.6 is 0 Å². The number of fused-ring (bicyclic) bond motifs is 1. The number of aromatic nitrogens is 2. The molecule has 29 heavy (non-hydrogen) atoms. The first kappa shape index (κ1) is 19.0. The second kappa shape index (κ2) is 7.98. The minimum absolute atomic E-state index is 0.114. The van der Waals surface area contributed by atoms with Crippen LogP contribution in [0.25, 0.3) is 10.8 Å². The maximum atomic E-state index is 11.4. The largest absolute Gasteiger partial charge is 0.360 e. The Morgan fingerprint density at radius 2 is 1.34 bits per heavy atom. The molecule has 2 aromatic heterocycles. The molecule has 0 aliphatic carbocycles. The Labute approximate surface area is 169 Å². The fourth-order valence-electron chi connectivity index (χ4n) is 3.18. The van der Waals surface area contributed by atoms with Crippen molar-refractivity contribution in [2.45, 2.75) is 18.0 Å². The van der Waals surface area contributed by atoms with Gasteiger partial charge in [0.15, 0.2) is 0 Å². The van der Waals surface area contributed by atoms with E-state index in [-0.39, 0.29) is 4.90 Å². The molecule has 146 valence electrons. The molecule has 2 heterocycles. The molecule has 0 atom stereocenters. The molecule has 0 spiro atoms. The summed E-state index contributed by atoms with van der Waals surface area (Å²) in [5, 5.41) is 1.61. The number of benzene rings is 2. The monoisotopic (exact) mass is 405 g/mol. The van der Waals surface area contributed by atoms with Crippen LogP contribution in [-0.2, 0) is 23.2 Å². The Kier molecular flexibility index (Phi) is 5.24. The maximum Gasteiger partial charge on any atom is 0.294 e. The van der Waals surface area contributed by atoms with E-state index in [9.17, 15) is 13.0 Å². The second-order valence-electron chi connectivity index (χ2n) is 6.67. The van der Waals surface area contributed by atoms with Crippen molar-refractivity contribution in [2.24, 2.45) is 0 Å². The zero-order chi connectivity index (χ0) is 20.3. The first-order valence-corrected chi connectivity index (χ1v) is 10.5. The van der Waals surface area contributed by atoms with E-state index in [1.54, 1.807) is 18.5 Å². The fourth-order valence-corrected chi connectivity index (χ4v) is 3.70. The van der Waals surface area contributed by atoms with E-state index in [1.165, 1.54) is 12.1 Å². The van der Waals surface area contributed by atoms with Crippen LogP contribution in [0.3, 0.4) is 0 Å². The van der Waals surface area contributed by atoms with E-state index in [2.05, 4.69) is 14.9 Å². The summed E-state index contributed by atoms with van der Waals surface area (Å²) in [5.74, 6) is 0. The lowest BCUT2D eigenvalue weighted by atomic mass is 10.1. The summed E-state index contributed by atoms with van der Waals surface area (Å²) in [4.78, 5) is 10.9. The Balaban J connectivity index is 1.71. The Bertz CT molecular complexity index is 1190. The SMILES string of the molecule is O=S(=O)(O)c1ccc2cc(N(Cc3ccccn3)Cc3ccccn3)ccc2c1. The summed E-state index contributed by atoms with van der Waals surface area (Å²) >= 11 is 0. The summed E-state index contributed by atoms with van der Waals surface area (Å²) in [7, 11) is -4.23. The molecule has 0 fully saturated rings.